The number of fused-ring (bicyclic) bond motifs is 1. The number of ether oxygens (including phenoxy) is 1. The van der Waals surface area contributed by atoms with E-state index in [-0.39, 0.29) is 11.7 Å². The van der Waals surface area contributed by atoms with Gasteiger partial charge in [0.2, 0.25) is 0 Å². The molecule has 1 amide bonds. The van der Waals surface area contributed by atoms with Crippen molar-refractivity contribution in [1.29, 1.82) is 0 Å². The molecule has 1 heterocycles. The van der Waals surface area contributed by atoms with Gasteiger partial charge < -0.3 is 9.64 Å². The van der Waals surface area contributed by atoms with E-state index < -0.39 is 6.36 Å². The Morgan fingerprint density at radius 1 is 0.939 bits per heavy atom. The maximum absolute atomic E-state index is 13.0. The van der Waals surface area contributed by atoms with E-state index in [1.807, 2.05) is 25.1 Å². The number of hydrogen-bond acceptors (Lipinski definition) is 3. The number of hydrogen-bond donors (Lipinski definition) is 0. The van der Waals surface area contributed by atoms with Crippen LogP contribution in [0.2, 0.25) is 0 Å². The second kappa shape index (κ2) is 9.27. The average molecular weight is 454 g/mol. The van der Waals surface area contributed by atoms with Crippen molar-refractivity contribution in [3.8, 4) is 5.75 Å². The van der Waals surface area contributed by atoms with Gasteiger partial charge in [0.15, 0.2) is 0 Å². The van der Waals surface area contributed by atoms with Crippen molar-refractivity contribution < 1.29 is 22.7 Å². The second-order valence-corrected chi connectivity index (χ2v) is 8.46. The van der Waals surface area contributed by atoms with Crippen LogP contribution >= 0.6 is 0 Å². The zero-order valence-corrected chi connectivity index (χ0v) is 18.5. The number of carbonyl (C=O) groups is 1. The summed E-state index contributed by atoms with van der Waals surface area (Å²) in [6, 6.07) is 20.0. The Labute approximate surface area is 191 Å². The molecule has 0 aliphatic carbocycles. The highest BCUT2D eigenvalue weighted by Gasteiger charge is 2.31. The summed E-state index contributed by atoms with van der Waals surface area (Å²) < 4.78 is 41.0. The molecule has 0 fully saturated rings. The van der Waals surface area contributed by atoms with Gasteiger partial charge in [-0.05, 0) is 53.9 Å². The number of rotatable bonds is 7. The topological polar surface area (TPSA) is 32.8 Å². The van der Waals surface area contributed by atoms with Crippen LogP contribution < -0.4 is 4.74 Å². The summed E-state index contributed by atoms with van der Waals surface area (Å²) in [7, 11) is 2.07. The van der Waals surface area contributed by atoms with Gasteiger partial charge in [0.1, 0.15) is 5.75 Å². The van der Waals surface area contributed by atoms with Crippen LogP contribution in [-0.2, 0) is 26.2 Å². The number of benzene rings is 3. The molecule has 0 saturated carbocycles. The van der Waals surface area contributed by atoms with Gasteiger partial charge in [-0.15, -0.1) is 13.2 Å². The van der Waals surface area contributed by atoms with Crippen LogP contribution in [0.4, 0.5) is 13.2 Å². The predicted octanol–water partition coefficient (Wildman–Crippen LogP) is 5.68. The fourth-order valence-electron chi connectivity index (χ4n) is 4.31. The van der Waals surface area contributed by atoms with Crippen LogP contribution in [0.5, 0.6) is 5.75 Å². The van der Waals surface area contributed by atoms with Crippen LogP contribution in [0.3, 0.4) is 0 Å². The normalized spacial score (nSPS) is 13.5. The van der Waals surface area contributed by atoms with E-state index in [1.54, 1.807) is 17.0 Å². The van der Waals surface area contributed by atoms with E-state index in [4.69, 9.17) is 0 Å². The minimum atomic E-state index is -4.72. The van der Waals surface area contributed by atoms with E-state index in [0.717, 1.165) is 40.9 Å². The zero-order chi connectivity index (χ0) is 23.6. The number of amides is 1. The summed E-state index contributed by atoms with van der Waals surface area (Å²) >= 11 is 0. The van der Waals surface area contributed by atoms with Crippen LogP contribution in [0, 0.1) is 6.92 Å². The monoisotopic (exact) mass is 454 g/mol. The molecule has 0 aromatic heterocycles. The highest BCUT2D eigenvalue weighted by molar-refractivity contribution is 5.99. The third-order valence-corrected chi connectivity index (χ3v) is 5.62. The van der Waals surface area contributed by atoms with Gasteiger partial charge in [-0.25, -0.2) is 0 Å². The maximum atomic E-state index is 13.0. The van der Waals surface area contributed by atoms with Gasteiger partial charge in [0.25, 0.3) is 5.91 Å². The lowest BCUT2D eigenvalue weighted by Crippen LogP contribution is -2.23. The van der Waals surface area contributed by atoms with E-state index in [0.29, 0.717) is 13.1 Å². The summed E-state index contributed by atoms with van der Waals surface area (Å²) in [5.41, 5.74) is 5.78. The summed E-state index contributed by atoms with van der Waals surface area (Å²) in [6.07, 6.45) is -4.72. The lowest BCUT2D eigenvalue weighted by molar-refractivity contribution is -0.274. The Morgan fingerprint density at radius 3 is 2.27 bits per heavy atom. The molecule has 3 aromatic rings. The molecular formula is C26H25F3N2O2. The van der Waals surface area contributed by atoms with Crippen LogP contribution in [0.1, 0.15) is 38.2 Å². The molecular weight excluding hydrogens is 429 g/mol. The van der Waals surface area contributed by atoms with E-state index >= 15 is 0 Å². The van der Waals surface area contributed by atoms with Crippen molar-refractivity contribution in [3.05, 3.63) is 100 Å². The first-order valence-electron chi connectivity index (χ1n) is 10.7. The third kappa shape index (κ3) is 5.73. The van der Waals surface area contributed by atoms with E-state index in [1.165, 1.54) is 17.7 Å². The molecule has 0 atom stereocenters. The molecule has 4 nitrogen and oxygen atoms in total. The first-order chi connectivity index (χ1) is 15.7. The van der Waals surface area contributed by atoms with Gasteiger partial charge in [0.05, 0.1) is 0 Å². The lowest BCUT2D eigenvalue weighted by atomic mass is 10.00. The Bertz CT molecular complexity index is 1130. The Hall–Kier alpha value is -3.32. The number of halogens is 3. The molecule has 172 valence electrons. The third-order valence-electron chi connectivity index (χ3n) is 5.62. The van der Waals surface area contributed by atoms with Crippen LogP contribution in [0.15, 0.2) is 66.7 Å². The molecule has 33 heavy (non-hydrogen) atoms. The highest BCUT2D eigenvalue weighted by atomic mass is 19.4. The van der Waals surface area contributed by atoms with Crippen LogP contribution in [-0.4, -0.2) is 29.1 Å². The molecule has 3 aromatic carbocycles. The number of carbonyl (C=O) groups excluding carboxylic acids is 1. The SMILES string of the molecule is Cc1cc(CN(C)Cc2ccccc2)cc2c1C(=O)N(Cc1ccc(OC(F)(F)F)cc1)C2. The summed E-state index contributed by atoms with van der Waals surface area (Å²) in [5.74, 6) is -0.329. The molecule has 0 saturated heterocycles. The number of aryl methyl sites for hydroxylation is 1. The predicted molar refractivity (Wildman–Crippen MR) is 119 cm³/mol. The van der Waals surface area contributed by atoms with Crippen molar-refractivity contribution in [2.75, 3.05) is 7.05 Å². The van der Waals surface area contributed by atoms with Gasteiger partial charge >= 0.3 is 6.36 Å². The fourth-order valence-corrected chi connectivity index (χ4v) is 4.31. The molecule has 0 unspecified atom stereocenters. The van der Waals surface area contributed by atoms with Crippen LogP contribution in [0.25, 0.3) is 0 Å². The standard InChI is InChI=1S/C26H25F3N2O2/c1-18-12-21(15-30(2)14-19-6-4-3-5-7-19)13-22-17-31(25(32)24(18)22)16-20-8-10-23(11-9-20)33-26(27,28)29/h3-13H,14-17H2,1-2H3. The minimum absolute atomic E-state index is 0.0534. The molecule has 4 rings (SSSR count). The molecule has 7 heteroatoms. The van der Waals surface area contributed by atoms with E-state index in [2.05, 4.69) is 40.9 Å². The van der Waals surface area contributed by atoms with Crippen molar-refractivity contribution >= 4 is 5.91 Å². The molecule has 0 N–H and O–H groups in total. The lowest BCUT2D eigenvalue weighted by Gasteiger charge is -2.18. The quantitative estimate of drug-likeness (QED) is 0.460. The van der Waals surface area contributed by atoms with E-state index in [9.17, 15) is 18.0 Å². The van der Waals surface area contributed by atoms with Crippen molar-refractivity contribution in [2.24, 2.45) is 0 Å². The first kappa shape index (κ1) is 22.9. The highest BCUT2D eigenvalue weighted by Crippen LogP contribution is 2.30. The van der Waals surface area contributed by atoms with Crippen molar-refractivity contribution in [1.82, 2.24) is 9.80 Å². The van der Waals surface area contributed by atoms with Gasteiger partial charge in [0, 0.05) is 31.7 Å². The Balaban J connectivity index is 1.42. The summed E-state index contributed by atoms with van der Waals surface area (Å²) in [4.78, 5) is 16.9. The summed E-state index contributed by atoms with van der Waals surface area (Å²) in [6.45, 7) is 4.34. The first-order valence-corrected chi connectivity index (χ1v) is 10.7. The number of alkyl halides is 3. The second-order valence-electron chi connectivity index (χ2n) is 8.46. The molecule has 0 bridgehead atoms. The van der Waals surface area contributed by atoms with Gasteiger partial charge in [-0.3, -0.25) is 9.69 Å². The molecule has 1 aliphatic rings. The fraction of sp³-hybridized carbons (Fsp3) is 0.269. The maximum Gasteiger partial charge on any atom is 0.573 e. The van der Waals surface area contributed by atoms with Crippen molar-refractivity contribution in [2.45, 2.75) is 39.5 Å². The summed E-state index contributed by atoms with van der Waals surface area (Å²) in [5, 5.41) is 0. The largest absolute Gasteiger partial charge is 0.573 e. The number of nitrogens with zero attached hydrogens (tertiary/aromatic N) is 2. The smallest absolute Gasteiger partial charge is 0.406 e. The van der Waals surface area contributed by atoms with Gasteiger partial charge in [-0.1, -0.05) is 54.6 Å². The molecule has 0 radical (unpaired) electrons. The Kier molecular flexibility index (Phi) is 6.42. The van der Waals surface area contributed by atoms with Crippen molar-refractivity contribution in [3.63, 3.8) is 0 Å². The Morgan fingerprint density at radius 2 is 1.61 bits per heavy atom. The minimum Gasteiger partial charge on any atom is -0.406 e. The van der Waals surface area contributed by atoms with Gasteiger partial charge in [-0.2, -0.15) is 0 Å². The molecule has 1 aliphatic heterocycles. The molecule has 0 spiro atoms. The average Bonchev–Trinajstić information content (AvgIpc) is 3.04. The zero-order valence-electron chi connectivity index (χ0n) is 18.5.